The summed E-state index contributed by atoms with van der Waals surface area (Å²) in [6, 6.07) is 11.5. The second-order valence-corrected chi connectivity index (χ2v) is 10.5. The van der Waals surface area contributed by atoms with Gasteiger partial charge in [0, 0.05) is 37.2 Å². The van der Waals surface area contributed by atoms with Gasteiger partial charge < -0.3 is 24.8 Å². The number of aromatic nitrogens is 2. The third-order valence-electron chi connectivity index (χ3n) is 6.26. The Morgan fingerprint density at radius 2 is 1.97 bits per heavy atom. The molecule has 2 amide bonds. The Morgan fingerprint density at radius 3 is 2.72 bits per heavy atom. The van der Waals surface area contributed by atoms with Gasteiger partial charge in [0.25, 0.3) is 0 Å². The zero-order chi connectivity index (χ0) is 28.0. The van der Waals surface area contributed by atoms with Gasteiger partial charge in [-0.3, -0.25) is 4.79 Å². The maximum Gasteiger partial charge on any atom is 0.407 e. The Morgan fingerprint density at radius 1 is 1.18 bits per heavy atom. The van der Waals surface area contributed by atoms with Gasteiger partial charge in [-0.05, 0) is 63.8 Å². The maximum absolute atomic E-state index is 14.4. The number of benzene rings is 2. The summed E-state index contributed by atoms with van der Waals surface area (Å²) in [5.74, 6) is -0.717. The number of halogens is 2. The van der Waals surface area contributed by atoms with Gasteiger partial charge in [0.15, 0.2) is 0 Å². The van der Waals surface area contributed by atoms with Crippen molar-refractivity contribution in [2.45, 2.75) is 64.1 Å². The summed E-state index contributed by atoms with van der Waals surface area (Å²) in [7, 11) is 0. The number of carbonyl (C=O) groups is 2. The van der Waals surface area contributed by atoms with Crippen LogP contribution in [0.1, 0.15) is 45.6 Å². The van der Waals surface area contributed by atoms with Crippen molar-refractivity contribution in [2.75, 3.05) is 18.4 Å². The summed E-state index contributed by atoms with van der Waals surface area (Å²) in [5.41, 5.74) is 0.172. The molecule has 3 aromatic rings. The Kier molecular flexibility index (Phi) is 8.78. The normalized spacial score (nSPS) is 16.1. The van der Waals surface area contributed by atoms with Gasteiger partial charge in [0.05, 0.1) is 0 Å². The van der Waals surface area contributed by atoms with Crippen LogP contribution < -0.4 is 10.6 Å². The fourth-order valence-corrected chi connectivity index (χ4v) is 4.53. The van der Waals surface area contributed by atoms with Gasteiger partial charge in [-0.15, -0.1) is 0 Å². The number of hydrogen-bond donors (Lipinski definition) is 2. The monoisotopic (exact) mass is 541 g/mol. The number of likely N-dealkylation sites (tertiary alicyclic amines) is 1. The number of ether oxygens (including phenoxy) is 1. The first-order valence-corrected chi connectivity index (χ1v) is 12.9. The minimum absolute atomic E-state index is 0.0195. The van der Waals surface area contributed by atoms with Crippen LogP contribution >= 0.6 is 0 Å². The van der Waals surface area contributed by atoms with Crippen LogP contribution in [0.3, 0.4) is 0 Å². The van der Waals surface area contributed by atoms with E-state index in [4.69, 9.17) is 9.26 Å². The predicted molar refractivity (Wildman–Crippen MR) is 141 cm³/mol. The number of nitrogens with zero attached hydrogens (tertiary/aromatic N) is 3. The third-order valence-corrected chi connectivity index (χ3v) is 6.26. The van der Waals surface area contributed by atoms with E-state index in [9.17, 15) is 18.4 Å². The Balaban J connectivity index is 1.39. The van der Waals surface area contributed by atoms with Gasteiger partial charge >= 0.3 is 12.1 Å². The van der Waals surface area contributed by atoms with E-state index < -0.39 is 29.4 Å². The van der Waals surface area contributed by atoms with E-state index in [0.717, 1.165) is 12.8 Å². The van der Waals surface area contributed by atoms with Crippen molar-refractivity contribution in [3.8, 4) is 11.4 Å². The van der Waals surface area contributed by atoms with Crippen molar-refractivity contribution < 1.29 is 27.6 Å². The van der Waals surface area contributed by atoms with Crippen LogP contribution in [0.15, 0.2) is 53.1 Å². The zero-order valence-corrected chi connectivity index (χ0v) is 22.2. The summed E-state index contributed by atoms with van der Waals surface area (Å²) < 4.78 is 38.5. The molecule has 1 aliphatic rings. The number of amides is 2. The zero-order valence-electron chi connectivity index (χ0n) is 22.2. The van der Waals surface area contributed by atoms with E-state index in [1.54, 1.807) is 56.0 Å². The lowest BCUT2D eigenvalue weighted by Crippen LogP contribution is -2.46. The summed E-state index contributed by atoms with van der Waals surface area (Å²) in [6.07, 6.45) is 1.03. The predicted octanol–water partition coefficient (Wildman–Crippen LogP) is 4.94. The van der Waals surface area contributed by atoms with Crippen molar-refractivity contribution in [1.82, 2.24) is 20.4 Å². The topological polar surface area (TPSA) is 110 Å². The highest BCUT2D eigenvalue weighted by Crippen LogP contribution is 2.22. The fourth-order valence-electron chi connectivity index (χ4n) is 4.53. The quantitative estimate of drug-likeness (QED) is 0.395. The van der Waals surface area contributed by atoms with Crippen molar-refractivity contribution in [3.05, 3.63) is 65.7 Å². The van der Waals surface area contributed by atoms with E-state index in [2.05, 4.69) is 20.8 Å². The number of carbonyl (C=O) groups excluding carboxylic acids is 2. The van der Waals surface area contributed by atoms with Gasteiger partial charge in [0.1, 0.15) is 17.2 Å². The molecule has 0 radical (unpaired) electrons. The van der Waals surface area contributed by atoms with E-state index in [0.29, 0.717) is 24.2 Å². The van der Waals surface area contributed by atoms with Gasteiger partial charge in [-0.2, -0.15) is 4.98 Å². The van der Waals surface area contributed by atoms with Crippen molar-refractivity contribution in [2.24, 2.45) is 0 Å². The number of alkyl carbamates (subject to hydrolysis) is 1. The number of rotatable bonds is 9. The molecule has 2 unspecified atom stereocenters. The maximum atomic E-state index is 14.4. The van der Waals surface area contributed by atoms with Crippen LogP contribution in [0, 0.1) is 11.6 Å². The average Bonchev–Trinajstić information content (AvgIpc) is 3.52. The summed E-state index contributed by atoms with van der Waals surface area (Å²) in [6.45, 7) is 6.16. The lowest BCUT2D eigenvalue weighted by Gasteiger charge is -2.28. The van der Waals surface area contributed by atoms with E-state index in [1.807, 2.05) is 0 Å². The molecule has 1 fully saturated rings. The molecule has 0 bridgehead atoms. The molecule has 1 aliphatic heterocycles. The molecule has 1 saturated heterocycles. The highest BCUT2D eigenvalue weighted by atomic mass is 19.1. The molecule has 39 heavy (non-hydrogen) atoms. The minimum atomic E-state index is -0.717. The van der Waals surface area contributed by atoms with Gasteiger partial charge in [0.2, 0.25) is 11.7 Å². The highest BCUT2D eigenvalue weighted by Gasteiger charge is 2.31. The minimum Gasteiger partial charge on any atom is -0.444 e. The Labute approximate surface area is 225 Å². The number of anilines is 1. The van der Waals surface area contributed by atoms with Crippen molar-refractivity contribution in [3.63, 3.8) is 0 Å². The molecular formula is C28H33F2N5O4. The molecule has 2 aromatic carbocycles. The van der Waals surface area contributed by atoms with E-state index in [-0.39, 0.29) is 36.6 Å². The molecule has 11 heteroatoms. The Bertz CT molecular complexity index is 1290. The number of hydrogen-bond acceptors (Lipinski definition) is 7. The van der Waals surface area contributed by atoms with E-state index >= 15 is 0 Å². The SMILES string of the molecule is CC(C)(C)OC(=O)NC(CC(=O)N1CCCC1CNc1nc(-c2cccc(F)c2)no1)Cc1ccccc1F. The van der Waals surface area contributed by atoms with Crippen LogP contribution in [-0.2, 0) is 16.0 Å². The first kappa shape index (κ1) is 28.0. The molecule has 0 saturated carbocycles. The Hall–Kier alpha value is -4.02. The second kappa shape index (κ2) is 12.2. The third kappa shape index (κ3) is 7.98. The van der Waals surface area contributed by atoms with Crippen molar-refractivity contribution >= 4 is 18.0 Å². The van der Waals surface area contributed by atoms with Crippen LogP contribution in [0.4, 0.5) is 19.6 Å². The summed E-state index contributed by atoms with van der Waals surface area (Å²) in [5, 5.41) is 9.70. The second-order valence-electron chi connectivity index (χ2n) is 10.5. The fraction of sp³-hybridized carbons (Fsp3) is 0.429. The van der Waals surface area contributed by atoms with Crippen LogP contribution in [-0.4, -0.2) is 57.8 Å². The molecule has 2 atom stereocenters. The van der Waals surface area contributed by atoms with Crippen LogP contribution in [0.5, 0.6) is 0 Å². The molecule has 0 aliphatic carbocycles. The summed E-state index contributed by atoms with van der Waals surface area (Å²) >= 11 is 0. The van der Waals surface area contributed by atoms with Crippen LogP contribution in [0.25, 0.3) is 11.4 Å². The van der Waals surface area contributed by atoms with Gasteiger partial charge in [-0.25, -0.2) is 13.6 Å². The van der Waals surface area contributed by atoms with Crippen molar-refractivity contribution in [1.29, 1.82) is 0 Å². The summed E-state index contributed by atoms with van der Waals surface area (Å²) in [4.78, 5) is 31.9. The molecule has 2 N–H and O–H groups in total. The van der Waals surface area contributed by atoms with E-state index in [1.165, 1.54) is 18.2 Å². The first-order valence-electron chi connectivity index (χ1n) is 12.9. The lowest BCUT2D eigenvalue weighted by atomic mass is 10.0. The molecule has 208 valence electrons. The molecule has 9 nitrogen and oxygen atoms in total. The molecule has 1 aromatic heterocycles. The first-order chi connectivity index (χ1) is 18.6. The highest BCUT2D eigenvalue weighted by molar-refractivity contribution is 5.78. The number of nitrogens with one attached hydrogen (secondary N) is 2. The molecular weight excluding hydrogens is 508 g/mol. The molecule has 4 rings (SSSR count). The molecule has 0 spiro atoms. The largest absolute Gasteiger partial charge is 0.444 e. The smallest absolute Gasteiger partial charge is 0.407 e. The van der Waals surface area contributed by atoms with Crippen LogP contribution in [0.2, 0.25) is 0 Å². The van der Waals surface area contributed by atoms with Gasteiger partial charge in [-0.1, -0.05) is 35.5 Å². The molecule has 2 heterocycles. The lowest BCUT2D eigenvalue weighted by molar-refractivity contribution is -0.132. The standard InChI is InChI=1S/C28H33F2N5O4/c1-28(2,3)38-27(37)32-21(15-18-8-4-5-12-23(18)30)16-24(36)35-13-7-11-22(35)17-31-26-33-25(34-39-26)19-9-6-10-20(29)14-19/h4-6,8-10,12,14,21-22H,7,11,13,15-17H2,1-3H3,(H,32,37)(H,31,33,34). The average molecular weight is 542 g/mol.